The van der Waals surface area contributed by atoms with Crippen LogP contribution in [0.1, 0.15) is 5.69 Å². The first kappa shape index (κ1) is 14.2. The summed E-state index contributed by atoms with van der Waals surface area (Å²) in [6.45, 7) is 1.63. The van der Waals surface area contributed by atoms with Crippen molar-refractivity contribution < 1.29 is 4.92 Å². The number of benzene rings is 1. The first-order chi connectivity index (χ1) is 11.1. The molecule has 0 aliphatic carbocycles. The van der Waals surface area contributed by atoms with E-state index in [9.17, 15) is 10.1 Å². The first-order valence-electron chi connectivity index (χ1n) is 6.65. The molecule has 0 atom stereocenters. The Hall–Kier alpha value is -2.46. The zero-order valence-electron chi connectivity index (χ0n) is 12.1. The summed E-state index contributed by atoms with van der Waals surface area (Å²) in [5.74, 6) is 0. The SMILES string of the molecule is Cc1nn(C)c(Sc2nnc3sc4ccccc4n23)c1[N+](=O)[O-]. The minimum Gasteiger partial charge on any atom is -0.260 e. The molecule has 3 heterocycles. The summed E-state index contributed by atoms with van der Waals surface area (Å²) in [4.78, 5) is 11.7. The zero-order chi connectivity index (χ0) is 16.1. The van der Waals surface area contributed by atoms with E-state index >= 15 is 0 Å². The van der Waals surface area contributed by atoms with Gasteiger partial charge in [0.25, 0.3) is 0 Å². The van der Waals surface area contributed by atoms with E-state index in [0.717, 1.165) is 15.2 Å². The molecule has 0 unspecified atom stereocenters. The van der Waals surface area contributed by atoms with Crippen LogP contribution < -0.4 is 0 Å². The van der Waals surface area contributed by atoms with Gasteiger partial charge in [-0.3, -0.25) is 19.2 Å². The number of para-hydroxylation sites is 1. The molecule has 0 saturated carbocycles. The molecule has 8 nitrogen and oxygen atoms in total. The van der Waals surface area contributed by atoms with Crippen molar-refractivity contribution in [3.63, 3.8) is 0 Å². The van der Waals surface area contributed by atoms with E-state index in [0.29, 0.717) is 15.9 Å². The van der Waals surface area contributed by atoms with E-state index in [1.165, 1.54) is 27.8 Å². The van der Waals surface area contributed by atoms with Gasteiger partial charge in [0.05, 0.1) is 15.1 Å². The molecule has 1 aromatic carbocycles. The highest BCUT2D eigenvalue weighted by atomic mass is 32.2. The summed E-state index contributed by atoms with van der Waals surface area (Å²) < 4.78 is 4.51. The Balaban J connectivity index is 1.90. The molecular formula is C13H10N6O2S2. The maximum atomic E-state index is 11.3. The molecule has 0 aliphatic rings. The molecule has 23 heavy (non-hydrogen) atoms. The molecule has 0 aliphatic heterocycles. The van der Waals surface area contributed by atoms with Gasteiger partial charge >= 0.3 is 5.69 Å². The third-order valence-electron chi connectivity index (χ3n) is 3.42. The molecule has 10 heteroatoms. The van der Waals surface area contributed by atoms with Crippen LogP contribution in [0.4, 0.5) is 5.69 Å². The molecule has 4 rings (SSSR count). The molecule has 0 saturated heterocycles. The number of rotatable bonds is 3. The standard InChI is InChI=1S/C13H10N6O2S2/c1-7-10(19(20)21)11(17(2)16-7)23-13-15-14-12-18(13)8-5-3-4-6-9(8)22-12/h3-6H,1-2H3. The van der Waals surface area contributed by atoms with Crippen molar-refractivity contribution >= 4 is 44.0 Å². The quantitative estimate of drug-likeness (QED) is 0.418. The smallest absolute Gasteiger partial charge is 0.260 e. The fraction of sp³-hybridized carbons (Fsp3) is 0.154. The first-order valence-corrected chi connectivity index (χ1v) is 8.28. The molecule has 3 aromatic heterocycles. The van der Waals surface area contributed by atoms with E-state index in [4.69, 9.17) is 0 Å². The fourth-order valence-electron chi connectivity index (χ4n) is 2.46. The maximum Gasteiger partial charge on any atom is 0.324 e. The molecule has 0 radical (unpaired) electrons. The van der Waals surface area contributed by atoms with Gasteiger partial charge < -0.3 is 0 Å². The fourth-order valence-corrected chi connectivity index (χ4v) is 4.50. The topological polar surface area (TPSA) is 91.2 Å². The van der Waals surface area contributed by atoms with Gasteiger partial charge in [0.2, 0.25) is 10.1 Å². The molecule has 116 valence electrons. The number of aryl methyl sites for hydroxylation is 2. The van der Waals surface area contributed by atoms with Crippen LogP contribution in [0.5, 0.6) is 0 Å². The highest BCUT2D eigenvalue weighted by Crippen LogP contribution is 2.37. The predicted octanol–water partition coefficient (Wildman–Crippen LogP) is 3.05. The van der Waals surface area contributed by atoms with Gasteiger partial charge in [-0.25, -0.2) is 0 Å². The normalized spacial score (nSPS) is 11.6. The van der Waals surface area contributed by atoms with Crippen LogP contribution in [-0.4, -0.2) is 29.3 Å². The number of thiazole rings is 1. The van der Waals surface area contributed by atoms with Crippen LogP contribution in [0, 0.1) is 17.0 Å². The summed E-state index contributed by atoms with van der Waals surface area (Å²) >= 11 is 2.73. The Labute approximate surface area is 137 Å². The minimum atomic E-state index is -0.408. The van der Waals surface area contributed by atoms with Gasteiger partial charge in [-0.1, -0.05) is 23.5 Å². The monoisotopic (exact) mass is 346 g/mol. The summed E-state index contributed by atoms with van der Waals surface area (Å²) in [6.07, 6.45) is 0. The largest absolute Gasteiger partial charge is 0.324 e. The van der Waals surface area contributed by atoms with Crippen LogP contribution in [-0.2, 0) is 7.05 Å². The van der Waals surface area contributed by atoms with Gasteiger partial charge in [0.15, 0.2) is 5.03 Å². The number of hydrogen-bond donors (Lipinski definition) is 0. The molecule has 0 amide bonds. The zero-order valence-corrected chi connectivity index (χ0v) is 13.8. The average Bonchev–Trinajstić information content (AvgIpc) is 3.13. The van der Waals surface area contributed by atoms with Gasteiger partial charge in [0, 0.05) is 7.05 Å². The lowest BCUT2D eigenvalue weighted by atomic mass is 10.3. The van der Waals surface area contributed by atoms with Gasteiger partial charge in [-0.05, 0) is 30.8 Å². The minimum absolute atomic E-state index is 0.00813. The lowest BCUT2D eigenvalue weighted by Gasteiger charge is -2.00. The van der Waals surface area contributed by atoms with Crippen molar-refractivity contribution in [3.05, 3.63) is 40.1 Å². The molecule has 0 N–H and O–H groups in total. The second-order valence-corrected chi connectivity index (χ2v) is 6.86. The van der Waals surface area contributed by atoms with E-state index < -0.39 is 4.92 Å². The van der Waals surface area contributed by atoms with E-state index in [1.807, 2.05) is 28.7 Å². The van der Waals surface area contributed by atoms with Crippen LogP contribution in [0.25, 0.3) is 15.2 Å². The summed E-state index contributed by atoms with van der Waals surface area (Å²) in [5.41, 5.74) is 1.38. The van der Waals surface area contributed by atoms with E-state index in [1.54, 1.807) is 14.0 Å². The maximum absolute atomic E-state index is 11.3. The van der Waals surface area contributed by atoms with E-state index in [2.05, 4.69) is 15.3 Å². The Morgan fingerprint density at radius 2 is 2.09 bits per heavy atom. The van der Waals surface area contributed by atoms with Crippen LogP contribution in [0.3, 0.4) is 0 Å². The lowest BCUT2D eigenvalue weighted by molar-refractivity contribution is -0.388. The van der Waals surface area contributed by atoms with Crippen molar-refractivity contribution in [1.82, 2.24) is 24.4 Å². The van der Waals surface area contributed by atoms with E-state index in [-0.39, 0.29) is 5.69 Å². The lowest BCUT2D eigenvalue weighted by Crippen LogP contribution is -1.96. The van der Waals surface area contributed by atoms with Crippen LogP contribution in [0.15, 0.2) is 34.4 Å². The highest BCUT2D eigenvalue weighted by molar-refractivity contribution is 7.99. The van der Waals surface area contributed by atoms with Crippen molar-refractivity contribution in [2.24, 2.45) is 7.05 Å². The number of hydrogen-bond acceptors (Lipinski definition) is 7. The van der Waals surface area contributed by atoms with Crippen molar-refractivity contribution in [1.29, 1.82) is 0 Å². The number of nitrogens with zero attached hydrogens (tertiary/aromatic N) is 6. The summed E-state index contributed by atoms with van der Waals surface area (Å²) in [7, 11) is 1.69. The third-order valence-corrected chi connectivity index (χ3v) is 5.53. The molecular weight excluding hydrogens is 336 g/mol. The Morgan fingerprint density at radius 1 is 1.30 bits per heavy atom. The van der Waals surface area contributed by atoms with Crippen molar-refractivity contribution in [2.45, 2.75) is 17.1 Å². The Bertz CT molecular complexity index is 1060. The highest BCUT2D eigenvalue weighted by Gasteiger charge is 2.26. The number of fused-ring (bicyclic) bond motifs is 3. The molecule has 0 spiro atoms. The van der Waals surface area contributed by atoms with Gasteiger partial charge in [0.1, 0.15) is 5.69 Å². The Kier molecular flexibility index (Phi) is 3.10. The van der Waals surface area contributed by atoms with Crippen LogP contribution >= 0.6 is 23.1 Å². The predicted molar refractivity (Wildman–Crippen MR) is 87.1 cm³/mol. The van der Waals surface area contributed by atoms with Gasteiger partial charge in [-0.2, -0.15) is 5.10 Å². The Morgan fingerprint density at radius 3 is 2.87 bits per heavy atom. The number of nitro groups is 1. The molecule has 4 aromatic rings. The third kappa shape index (κ3) is 2.10. The molecule has 0 bridgehead atoms. The number of aromatic nitrogens is 5. The van der Waals surface area contributed by atoms with Crippen molar-refractivity contribution in [2.75, 3.05) is 0 Å². The second-order valence-electron chi connectivity index (χ2n) is 4.89. The average molecular weight is 346 g/mol. The molecule has 0 fully saturated rings. The summed E-state index contributed by atoms with van der Waals surface area (Å²) in [6, 6.07) is 7.91. The second kappa shape index (κ2) is 5.03. The van der Waals surface area contributed by atoms with Crippen LogP contribution in [0.2, 0.25) is 0 Å². The summed E-state index contributed by atoms with van der Waals surface area (Å²) in [5, 5.41) is 24.8. The van der Waals surface area contributed by atoms with Crippen molar-refractivity contribution in [3.8, 4) is 0 Å². The van der Waals surface area contributed by atoms with Gasteiger partial charge in [-0.15, -0.1) is 10.2 Å².